The molecule has 0 radical (unpaired) electrons. The zero-order valence-corrected chi connectivity index (χ0v) is 12.0. The van der Waals surface area contributed by atoms with Crippen LogP contribution in [0.4, 0.5) is 0 Å². The fraction of sp³-hybridized carbons (Fsp3) is 0.375. The van der Waals surface area contributed by atoms with E-state index in [4.69, 9.17) is 0 Å². The molecule has 0 aliphatic heterocycles. The van der Waals surface area contributed by atoms with Crippen molar-refractivity contribution < 1.29 is 4.79 Å². The number of rotatable bonds is 6. The Labute approximate surface area is 119 Å². The van der Waals surface area contributed by atoms with E-state index in [0.717, 1.165) is 6.54 Å². The smallest absolute Gasteiger partial charge is 0.220 e. The van der Waals surface area contributed by atoms with E-state index in [1.54, 1.807) is 12.5 Å². The van der Waals surface area contributed by atoms with Gasteiger partial charge >= 0.3 is 0 Å². The lowest BCUT2D eigenvalue weighted by Crippen LogP contribution is -2.35. The minimum absolute atomic E-state index is 0.0916. The molecule has 20 heavy (non-hydrogen) atoms. The largest absolute Gasteiger partial charge is 0.352 e. The molecule has 1 heterocycles. The summed E-state index contributed by atoms with van der Waals surface area (Å²) in [6, 6.07) is 10.2. The van der Waals surface area contributed by atoms with Gasteiger partial charge in [0.05, 0.1) is 6.33 Å². The Hall–Kier alpha value is -2.10. The lowest BCUT2D eigenvalue weighted by Gasteiger charge is -2.17. The number of hydrogen-bond acceptors (Lipinski definition) is 2. The van der Waals surface area contributed by atoms with Gasteiger partial charge in [-0.2, -0.15) is 0 Å². The van der Waals surface area contributed by atoms with Crippen LogP contribution in [-0.4, -0.2) is 21.5 Å². The van der Waals surface area contributed by atoms with Crippen LogP contribution in [0.15, 0.2) is 49.1 Å². The van der Waals surface area contributed by atoms with Gasteiger partial charge in [-0.1, -0.05) is 37.3 Å². The maximum absolute atomic E-state index is 12.0. The standard InChI is InChI=1S/C16H21N3O/c1-13(15-6-4-3-5-7-15)10-16(20)18-14(2)11-19-9-8-17-12-19/h3-9,12-14H,10-11H2,1-2H3,(H,18,20)/t13-,14-/m0/s1. The first kappa shape index (κ1) is 14.3. The number of aromatic nitrogens is 2. The summed E-state index contributed by atoms with van der Waals surface area (Å²) in [6.45, 7) is 4.83. The molecule has 1 aromatic heterocycles. The highest BCUT2D eigenvalue weighted by Crippen LogP contribution is 2.18. The van der Waals surface area contributed by atoms with Gasteiger partial charge in [0.2, 0.25) is 5.91 Å². The summed E-state index contributed by atoms with van der Waals surface area (Å²) in [6.07, 6.45) is 5.91. The summed E-state index contributed by atoms with van der Waals surface area (Å²) >= 11 is 0. The van der Waals surface area contributed by atoms with Crippen LogP contribution >= 0.6 is 0 Å². The van der Waals surface area contributed by atoms with Gasteiger partial charge in [0, 0.05) is 31.4 Å². The van der Waals surface area contributed by atoms with Crippen LogP contribution in [0.2, 0.25) is 0 Å². The number of benzene rings is 1. The molecule has 1 amide bonds. The first-order valence-corrected chi connectivity index (χ1v) is 6.95. The number of carbonyl (C=O) groups is 1. The van der Waals surface area contributed by atoms with E-state index >= 15 is 0 Å². The predicted molar refractivity (Wildman–Crippen MR) is 79.3 cm³/mol. The number of amides is 1. The molecule has 0 bridgehead atoms. The highest BCUT2D eigenvalue weighted by atomic mass is 16.1. The molecule has 106 valence electrons. The van der Waals surface area contributed by atoms with Crippen molar-refractivity contribution in [3.05, 3.63) is 54.6 Å². The molecule has 0 saturated heterocycles. The fourth-order valence-electron chi connectivity index (χ4n) is 2.27. The molecule has 2 rings (SSSR count). The third-order valence-electron chi connectivity index (χ3n) is 3.31. The number of nitrogens with one attached hydrogen (secondary N) is 1. The minimum atomic E-state index is 0.0916. The SMILES string of the molecule is C[C@@H](Cn1ccnc1)NC(=O)C[C@H](C)c1ccccc1. The number of carbonyl (C=O) groups excluding carboxylic acids is 1. The molecule has 2 aromatic rings. The summed E-state index contributed by atoms with van der Waals surface area (Å²) < 4.78 is 1.96. The van der Waals surface area contributed by atoms with Crippen molar-refractivity contribution in [1.29, 1.82) is 0 Å². The van der Waals surface area contributed by atoms with Crippen molar-refractivity contribution in [2.45, 2.75) is 38.8 Å². The minimum Gasteiger partial charge on any atom is -0.352 e. The fourth-order valence-corrected chi connectivity index (χ4v) is 2.27. The molecule has 0 unspecified atom stereocenters. The monoisotopic (exact) mass is 271 g/mol. The van der Waals surface area contributed by atoms with E-state index in [0.29, 0.717) is 6.42 Å². The Bertz CT molecular complexity index is 522. The molecule has 2 atom stereocenters. The second-order valence-corrected chi connectivity index (χ2v) is 5.24. The number of hydrogen-bond donors (Lipinski definition) is 1. The maximum Gasteiger partial charge on any atom is 0.220 e. The van der Waals surface area contributed by atoms with Crippen LogP contribution in [0.3, 0.4) is 0 Å². The van der Waals surface area contributed by atoms with Crippen LogP contribution in [-0.2, 0) is 11.3 Å². The van der Waals surface area contributed by atoms with Crippen LogP contribution in [0.25, 0.3) is 0 Å². The third-order valence-corrected chi connectivity index (χ3v) is 3.31. The average molecular weight is 271 g/mol. The summed E-state index contributed by atoms with van der Waals surface area (Å²) in [5.41, 5.74) is 1.20. The van der Waals surface area contributed by atoms with Crippen molar-refractivity contribution in [2.75, 3.05) is 0 Å². The Balaban J connectivity index is 1.80. The summed E-state index contributed by atoms with van der Waals surface area (Å²) in [5, 5.41) is 3.03. The first-order valence-electron chi connectivity index (χ1n) is 6.95. The van der Waals surface area contributed by atoms with Gasteiger partial charge in [-0.25, -0.2) is 4.98 Å². The van der Waals surface area contributed by atoms with E-state index < -0.39 is 0 Å². The topological polar surface area (TPSA) is 46.9 Å². The van der Waals surface area contributed by atoms with Crippen molar-refractivity contribution in [1.82, 2.24) is 14.9 Å². The van der Waals surface area contributed by atoms with Gasteiger partial charge in [0.25, 0.3) is 0 Å². The van der Waals surface area contributed by atoms with Gasteiger partial charge < -0.3 is 9.88 Å². The highest BCUT2D eigenvalue weighted by Gasteiger charge is 2.13. The van der Waals surface area contributed by atoms with Crippen LogP contribution < -0.4 is 5.32 Å². The lowest BCUT2D eigenvalue weighted by molar-refractivity contribution is -0.122. The second kappa shape index (κ2) is 6.89. The predicted octanol–water partition coefficient (Wildman–Crippen LogP) is 2.58. The van der Waals surface area contributed by atoms with Crippen molar-refractivity contribution in [2.24, 2.45) is 0 Å². The van der Waals surface area contributed by atoms with Crippen molar-refractivity contribution >= 4 is 5.91 Å². The zero-order chi connectivity index (χ0) is 14.4. The quantitative estimate of drug-likeness (QED) is 0.877. The van der Waals surface area contributed by atoms with Crippen molar-refractivity contribution in [3.63, 3.8) is 0 Å². The normalized spacial score (nSPS) is 13.7. The molecule has 4 heteroatoms. The van der Waals surface area contributed by atoms with Crippen LogP contribution in [0.1, 0.15) is 31.7 Å². The van der Waals surface area contributed by atoms with E-state index in [-0.39, 0.29) is 17.9 Å². The molecule has 0 spiro atoms. The molecule has 1 N–H and O–H groups in total. The van der Waals surface area contributed by atoms with Gasteiger partial charge in [-0.05, 0) is 18.4 Å². The van der Waals surface area contributed by atoms with Crippen LogP contribution in [0.5, 0.6) is 0 Å². The molecule has 0 aliphatic carbocycles. The Morgan fingerprint density at radius 1 is 1.30 bits per heavy atom. The molecule has 4 nitrogen and oxygen atoms in total. The summed E-state index contributed by atoms with van der Waals surface area (Å²) in [7, 11) is 0. The van der Waals surface area contributed by atoms with E-state index in [1.807, 2.05) is 35.9 Å². The van der Waals surface area contributed by atoms with Crippen molar-refractivity contribution in [3.8, 4) is 0 Å². The maximum atomic E-state index is 12.0. The van der Waals surface area contributed by atoms with Crippen LogP contribution in [0, 0.1) is 0 Å². The lowest BCUT2D eigenvalue weighted by atomic mass is 9.97. The molecular weight excluding hydrogens is 250 g/mol. The Kier molecular flexibility index (Phi) is 4.93. The van der Waals surface area contributed by atoms with Gasteiger partial charge in [-0.3, -0.25) is 4.79 Å². The number of imidazole rings is 1. The summed E-state index contributed by atoms with van der Waals surface area (Å²) in [4.78, 5) is 16.0. The average Bonchev–Trinajstić information content (AvgIpc) is 2.92. The first-order chi connectivity index (χ1) is 9.65. The third kappa shape index (κ3) is 4.23. The van der Waals surface area contributed by atoms with E-state index in [9.17, 15) is 4.79 Å². The van der Waals surface area contributed by atoms with E-state index in [1.165, 1.54) is 5.56 Å². The summed E-state index contributed by atoms with van der Waals surface area (Å²) in [5.74, 6) is 0.325. The zero-order valence-electron chi connectivity index (χ0n) is 12.0. The van der Waals surface area contributed by atoms with Gasteiger partial charge in [-0.15, -0.1) is 0 Å². The molecule has 1 aromatic carbocycles. The molecule has 0 saturated carbocycles. The van der Waals surface area contributed by atoms with Gasteiger partial charge in [0.1, 0.15) is 0 Å². The number of nitrogens with zero attached hydrogens (tertiary/aromatic N) is 2. The Morgan fingerprint density at radius 3 is 2.70 bits per heavy atom. The molecule has 0 aliphatic rings. The second-order valence-electron chi connectivity index (χ2n) is 5.24. The van der Waals surface area contributed by atoms with E-state index in [2.05, 4.69) is 29.4 Å². The molecular formula is C16H21N3O. The Morgan fingerprint density at radius 2 is 2.05 bits per heavy atom. The van der Waals surface area contributed by atoms with Gasteiger partial charge in [0.15, 0.2) is 0 Å². The molecule has 0 fully saturated rings. The highest BCUT2D eigenvalue weighted by molar-refractivity contribution is 5.77.